The molecule has 0 spiro atoms. The molecule has 0 amide bonds. The SMILES string of the molecule is C=C=CCCCCCCNCC=C=C. The molecule has 14 heavy (non-hydrogen) atoms. The Morgan fingerprint density at radius 3 is 2.36 bits per heavy atom. The zero-order chi connectivity index (χ0) is 10.5. The van der Waals surface area contributed by atoms with Gasteiger partial charge in [-0.05, 0) is 38.0 Å². The predicted molar refractivity (Wildman–Crippen MR) is 63.4 cm³/mol. The van der Waals surface area contributed by atoms with Gasteiger partial charge in [0.1, 0.15) is 0 Å². The van der Waals surface area contributed by atoms with Gasteiger partial charge in [-0.3, -0.25) is 0 Å². The van der Waals surface area contributed by atoms with Crippen molar-refractivity contribution in [2.75, 3.05) is 13.1 Å². The number of unbranched alkanes of at least 4 members (excludes halogenated alkanes) is 4. The molecule has 0 unspecified atom stereocenters. The molecule has 1 nitrogen and oxygen atoms in total. The number of rotatable bonds is 9. The van der Waals surface area contributed by atoms with Crippen LogP contribution in [0.1, 0.15) is 32.1 Å². The maximum Gasteiger partial charge on any atom is 0.0209 e. The van der Waals surface area contributed by atoms with Gasteiger partial charge in [-0.1, -0.05) is 26.0 Å². The van der Waals surface area contributed by atoms with Crippen LogP contribution in [0.15, 0.2) is 36.8 Å². The highest BCUT2D eigenvalue weighted by atomic mass is 14.8. The van der Waals surface area contributed by atoms with E-state index in [2.05, 4.69) is 29.9 Å². The lowest BCUT2D eigenvalue weighted by Gasteiger charge is -2.00. The van der Waals surface area contributed by atoms with E-state index in [0.717, 1.165) is 19.5 Å². The molecule has 1 heteroatoms. The van der Waals surface area contributed by atoms with Crippen molar-refractivity contribution in [3.05, 3.63) is 36.8 Å². The zero-order valence-corrected chi connectivity index (χ0v) is 9.02. The fourth-order valence-electron chi connectivity index (χ4n) is 1.20. The summed E-state index contributed by atoms with van der Waals surface area (Å²) < 4.78 is 0. The Morgan fingerprint density at radius 2 is 1.64 bits per heavy atom. The van der Waals surface area contributed by atoms with Crippen molar-refractivity contribution in [2.45, 2.75) is 32.1 Å². The summed E-state index contributed by atoms with van der Waals surface area (Å²) in [5.74, 6) is 0. The van der Waals surface area contributed by atoms with Gasteiger partial charge in [0.2, 0.25) is 0 Å². The van der Waals surface area contributed by atoms with E-state index in [1.54, 1.807) is 0 Å². The first-order chi connectivity index (χ1) is 6.91. The van der Waals surface area contributed by atoms with Crippen molar-refractivity contribution in [3.63, 3.8) is 0 Å². The van der Waals surface area contributed by atoms with Gasteiger partial charge >= 0.3 is 0 Å². The van der Waals surface area contributed by atoms with Crippen molar-refractivity contribution in [2.24, 2.45) is 0 Å². The van der Waals surface area contributed by atoms with Crippen molar-refractivity contribution >= 4 is 0 Å². The Balaban J connectivity index is 2.98. The minimum absolute atomic E-state index is 0.892. The summed E-state index contributed by atoms with van der Waals surface area (Å²) >= 11 is 0. The van der Waals surface area contributed by atoms with Gasteiger partial charge in [0.15, 0.2) is 0 Å². The molecule has 0 aromatic heterocycles. The highest BCUT2D eigenvalue weighted by Crippen LogP contribution is 2.02. The Hall–Kier alpha value is -1.00. The predicted octanol–water partition coefficient (Wildman–Crippen LogP) is 3.21. The van der Waals surface area contributed by atoms with Crippen LogP contribution in [-0.2, 0) is 0 Å². The molecule has 0 saturated carbocycles. The highest BCUT2D eigenvalue weighted by Gasteiger charge is 1.88. The van der Waals surface area contributed by atoms with Crippen molar-refractivity contribution in [3.8, 4) is 0 Å². The molecule has 0 radical (unpaired) electrons. The second-order valence-electron chi connectivity index (χ2n) is 3.22. The molecule has 0 aliphatic carbocycles. The quantitative estimate of drug-likeness (QED) is 0.436. The second-order valence-corrected chi connectivity index (χ2v) is 3.22. The fourth-order valence-corrected chi connectivity index (χ4v) is 1.20. The molecule has 0 fully saturated rings. The fraction of sp³-hybridized carbons (Fsp3) is 0.538. The van der Waals surface area contributed by atoms with Crippen LogP contribution in [0.5, 0.6) is 0 Å². The third-order valence-electron chi connectivity index (χ3n) is 1.99. The summed E-state index contributed by atoms with van der Waals surface area (Å²) in [7, 11) is 0. The summed E-state index contributed by atoms with van der Waals surface area (Å²) in [6.07, 6.45) is 10.2. The molecule has 0 aliphatic heterocycles. The molecule has 0 heterocycles. The molecule has 0 saturated heterocycles. The molecule has 0 aromatic carbocycles. The molecule has 0 aromatic rings. The second kappa shape index (κ2) is 12.0. The van der Waals surface area contributed by atoms with Crippen LogP contribution in [0.4, 0.5) is 0 Å². The van der Waals surface area contributed by atoms with Crippen LogP contribution in [0, 0.1) is 0 Å². The molecule has 0 aliphatic rings. The van der Waals surface area contributed by atoms with Gasteiger partial charge in [0.25, 0.3) is 0 Å². The minimum atomic E-state index is 0.892. The maximum absolute atomic E-state index is 3.53. The van der Waals surface area contributed by atoms with Crippen LogP contribution in [0.25, 0.3) is 0 Å². The molecule has 0 rings (SSSR count). The van der Waals surface area contributed by atoms with Gasteiger partial charge in [0, 0.05) is 6.54 Å². The Kier molecular flexibility index (Phi) is 11.1. The van der Waals surface area contributed by atoms with Gasteiger partial charge in [-0.2, -0.15) is 0 Å². The number of allylic oxidation sites excluding steroid dienone is 1. The Bertz CT molecular complexity index is 181. The topological polar surface area (TPSA) is 12.0 Å². The van der Waals surface area contributed by atoms with Crippen LogP contribution in [-0.4, -0.2) is 13.1 Å². The summed E-state index contributed by atoms with van der Waals surface area (Å²) in [6.45, 7) is 9.02. The molecule has 0 bridgehead atoms. The van der Waals surface area contributed by atoms with E-state index in [0.29, 0.717) is 0 Å². The van der Waals surface area contributed by atoms with Crippen LogP contribution >= 0.6 is 0 Å². The Morgan fingerprint density at radius 1 is 0.929 bits per heavy atom. The third-order valence-corrected chi connectivity index (χ3v) is 1.99. The lowest BCUT2D eigenvalue weighted by molar-refractivity contribution is 0.609. The average Bonchev–Trinajstić information content (AvgIpc) is 2.21. The van der Waals surface area contributed by atoms with E-state index in [4.69, 9.17) is 0 Å². The zero-order valence-electron chi connectivity index (χ0n) is 9.02. The van der Waals surface area contributed by atoms with E-state index < -0.39 is 0 Å². The van der Waals surface area contributed by atoms with E-state index in [1.807, 2.05) is 12.2 Å². The molecule has 0 atom stereocenters. The van der Waals surface area contributed by atoms with Crippen molar-refractivity contribution in [1.82, 2.24) is 5.32 Å². The first kappa shape index (κ1) is 13.0. The Labute approximate surface area is 87.9 Å². The van der Waals surface area contributed by atoms with Crippen LogP contribution in [0.2, 0.25) is 0 Å². The summed E-state index contributed by atoms with van der Waals surface area (Å²) in [5, 5.41) is 3.30. The third kappa shape index (κ3) is 11.0. The van der Waals surface area contributed by atoms with Crippen LogP contribution < -0.4 is 5.32 Å². The molecule has 78 valence electrons. The number of nitrogens with one attached hydrogen (secondary N) is 1. The minimum Gasteiger partial charge on any atom is -0.313 e. The molecular formula is C13H21N. The van der Waals surface area contributed by atoms with E-state index >= 15 is 0 Å². The van der Waals surface area contributed by atoms with E-state index in [9.17, 15) is 0 Å². The maximum atomic E-state index is 3.53. The van der Waals surface area contributed by atoms with Gasteiger partial charge < -0.3 is 5.32 Å². The first-order valence-corrected chi connectivity index (χ1v) is 5.31. The van der Waals surface area contributed by atoms with Crippen molar-refractivity contribution < 1.29 is 0 Å². The lowest BCUT2D eigenvalue weighted by Crippen LogP contribution is -2.14. The van der Waals surface area contributed by atoms with Crippen molar-refractivity contribution in [1.29, 1.82) is 0 Å². The smallest absolute Gasteiger partial charge is 0.0209 e. The monoisotopic (exact) mass is 191 g/mol. The highest BCUT2D eigenvalue weighted by molar-refractivity contribution is 4.78. The molecular weight excluding hydrogens is 170 g/mol. The molecule has 1 N–H and O–H groups in total. The summed E-state index contributed by atoms with van der Waals surface area (Å²) in [6, 6.07) is 0. The largest absolute Gasteiger partial charge is 0.313 e. The van der Waals surface area contributed by atoms with Crippen LogP contribution in [0.3, 0.4) is 0 Å². The number of hydrogen-bond donors (Lipinski definition) is 1. The summed E-state index contributed by atoms with van der Waals surface area (Å²) in [5.41, 5.74) is 5.53. The summed E-state index contributed by atoms with van der Waals surface area (Å²) in [4.78, 5) is 0. The number of hydrogen-bond acceptors (Lipinski definition) is 1. The van der Waals surface area contributed by atoms with Gasteiger partial charge in [0.05, 0.1) is 0 Å². The first-order valence-electron chi connectivity index (χ1n) is 5.31. The normalized spacial score (nSPS) is 8.86. The van der Waals surface area contributed by atoms with Gasteiger partial charge in [-0.15, -0.1) is 11.5 Å². The standard InChI is InChI=1S/C13H21N/c1-3-5-7-8-9-10-11-13-14-12-6-4-2/h5-6,14H,1-2,7-13H2. The van der Waals surface area contributed by atoms with Gasteiger partial charge in [-0.25, -0.2) is 0 Å². The van der Waals surface area contributed by atoms with E-state index in [1.165, 1.54) is 25.7 Å². The lowest BCUT2D eigenvalue weighted by atomic mass is 10.1. The van der Waals surface area contributed by atoms with E-state index in [-0.39, 0.29) is 0 Å². The average molecular weight is 191 g/mol.